The summed E-state index contributed by atoms with van der Waals surface area (Å²) >= 11 is 0. The van der Waals surface area contributed by atoms with Gasteiger partial charge in [0.05, 0.1) is 6.61 Å². The van der Waals surface area contributed by atoms with E-state index in [9.17, 15) is 4.79 Å². The predicted octanol–water partition coefficient (Wildman–Crippen LogP) is 3.34. The molecule has 1 aromatic carbocycles. The summed E-state index contributed by atoms with van der Waals surface area (Å²) < 4.78 is 4.94. The van der Waals surface area contributed by atoms with Crippen molar-refractivity contribution in [3.05, 3.63) is 45.8 Å². The van der Waals surface area contributed by atoms with E-state index in [1.807, 2.05) is 38.1 Å². The van der Waals surface area contributed by atoms with Crippen LogP contribution in [0.5, 0.6) is 0 Å². The summed E-state index contributed by atoms with van der Waals surface area (Å²) in [5.41, 5.74) is 10.6. The number of esters is 1. The molecule has 1 rings (SSSR count). The minimum Gasteiger partial charge on any atom is -0.466 e. The number of ether oxygens (including phenoxy) is 1. The molecule has 0 aliphatic heterocycles. The molecule has 2 unspecified atom stereocenters. The highest BCUT2D eigenvalue weighted by atomic mass is 16.5. The summed E-state index contributed by atoms with van der Waals surface area (Å²) in [5, 5.41) is 3.57. The standard InChI is InChI=1S/C13H17N3O2/c1-4-18-13(17)12(15-16-14)10(3)11-8-6-5-7-9(11)2/h5-8,10,12H,4H2,1-3H3. The maximum Gasteiger partial charge on any atom is 0.315 e. The number of carbonyl (C=O) groups is 1. The summed E-state index contributed by atoms with van der Waals surface area (Å²) in [5.74, 6) is -0.688. The van der Waals surface area contributed by atoms with Gasteiger partial charge in [0.15, 0.2) is 0 Å². The third kappa shape index (κ3) is 3.25. The molecule has 0 fully saturated rings. The van der Waals surface area contributed by atoms with E-state index in [-0.39, 0.29) is 12.5 Å². The van der Waals surface area contributed by atoms with E-state index in [1.165, 1.54) is 0 Å². The molecule has 0 aliphatic carbocycles. The molecule has 5 heteroatoms. The minimum absolute atomic E-state index is 0.207. The fourth-order valence-corrected chi connectivity index (χ4v) is 1.90. The topological polar surface area (TPSA) is 75.1 Å². The van der Waals surface area contributed by atoms with Gasteiger partial charge < -0.3 is 4.74 Å². The second-order valence-corrected chi connectivity index (χ2v) is 4.05. The zero-order valence-electron chi connectivity index (χ0n) is 10.8. The van der Waals surface area contributed by atoms with Crippen molar-refractivity contribution >= 4 is 5.97 Å². The van der Waals surface area contributed by atoms with Gasteiger partial charge >= 0.3 is 5.97 Å². The molecule has 0 heterocycles. The second-order valence-electron chi connectivity index (χ2n) is 4.05. The Morgan fingerprint density at radius 1 is 1.50 bits per heavy atom. The Kier molecular flexibility index (Phi) is 5.21. The van der Waals surface area contributed by atoms with Gasteiger partial charge in [0.1, 0.15) is 6.04 Å². The van der Waals surface area contributed by atoms with Crippen LogP contribution >= 0.6 is 0 Å². The molecule has 0 saturated heterocycles. The molecule has 0 saturated carbocycles. The summed E-state index contributed by atoms with van der Waals surface area (Å²) in [6.45, 7) is 5.82. The van der Waals surface area contributed by atoms with Crippen LogP contribution in [0.1, 0.15) is 30.9 Å². The lowest BCUT2D eigenvalue weighted by Gasteiger charge is -2.20. The highest BCUT2D eigenvalue weighted by molar-refractivity contribution is 5.77. The van der Waals surface area contributed by atoms with Crippen molar-refractivity contribution in [2.24, 2.45) is 5.11 Å². The van der Waals surface area contributed by atoms with Crippen molar-refractivity contribution in [2.75, 3.05) is 6.61 Å². The first kappa shape index (κ1) is 14.1. The van der Waals surface area contributed by atoms with Crippen LogP contribution in [0.4, 0.5) is 0 Å². The van der Waals surface area contributed by atoms with Gasteiger partial charge in [0.2, 0.25) is 0 Å². The Balaban J connectivity index is 3.03. The van der Waals surface area contributed by atoms with Crippen LogP contribution < -0.4 is 0 Å². The molecule has 0 aromatic heterocycles. The van der Waals surface area contributed by atoms with E-state index in [1.54, 1.807) is 6.92 Å². The number of carbonyl (C=O) groups excluding carboxylic acids is 1. The molecular weight excluding hydrogens is 230 g/mol. The number of aryl methyl sites for hydroxylation is 1. The van der Waals surface area contributed by atoms with Gasteiger partial charge in [0.25, 0.3) is 0 Å². The van der Waals surface area contributed by atoms with Crippen molar-refractivity contribution in [1.29, 1.82) is 0 Å². The maximum absolute atomic E-state index is 11.8. The molecule has 0 spiro atoms. The Labute approximate surface area is 106 Å². The number of rotatable bonds is 5. The van der Waals surface area contributed by atoms with Crippen LogP contribution in [-0.4, -0.2) is 18.6 Å². The number of hydrogen-bond acceptors (Lipinski definition) is 3. The quantitative estimate of drug-likeness (QED) is 0.346. The van der Waals surface area contributed by atoms with E-state index >= 15 is 0 Å². The lowest BCUT2D eigenvalue weighted by atomic mass is 9.90. The lowest BCUT2D eigenvalue weighted by Crippen LogP contribution is -2.27. The highest BCUT2D eigenvalue weighted by Crippen LogP contribution is 2.25. The van der Waals surface area contributed by atoms with Crippen molar-refractivity contribution in [3.63, 3.8) is 0 Å². The normalized spacial score (nSPS) is 13.3. The van der Waals surface area contributed by atoms with E-state index < -0.39 is 12.0 Å². The van der Waals surface area contributed by atoms with Crippen molar-refractivity contribution in [3.8, 4) is 0 Å². The van der Waals surface area contributed by atoms with Gasteiger partial charge in [-0.15, -0.1) is 0 Å². The largest absolute Gasteiger partial charge is 0.466 e. The number of hydrogen-bond donors (Lipinski definition) is 0. The minimum atomic E-state index is -0.823. The van der Waals surface area contributed by atoms with Crippen LogP contribution in [0, 0.1) is 6.92 Å². The molecule has 18 heavy (non-hydrogen) atoms. The Morgan fingerprint density at radius 2 is 2.17 bits per heavy atom. The van der Waals surface area contributed by atoms with E-state index in [0.717, 1.165) is 11.1 Å². The molecule has 1 aromatic rings. The SMILES string of the molecule is CCOC(=O)C(N=[N+]=[N-])C(C)c1ccccc1C. The summed E-state index contributed by atoms with van der Waals surface area (Å²) in [6, 6.07) is 6.90. The number of azide groups is 1. The zero-order chi connectivity index (χ0) is 13.5. The first-order valence-corrected chi connectivity index (χ1v) is 5.88. The predicted molar refractivity (Wildman–Crippen MR) is 69.2 cm³/mol. The molecule has 0 radical (unpaired) electrons. The van der Waals surface area contributed by atoms with Crippen molar-refractivity contribution in [2.45, 2.75) is 32.7 Å². The monoisotopic (exact) mass is 247 g/mol. The molecule has 0 aliphatic rings. The third-order valence-corrected chi connectivity index (χ3v) is 2.86. The Morgan fingerprint density at radius 3 is 2.72 bits per heavy atom. The summed E-state index contributed by atoms with van der Waals surface area (Å²) in [7, 11) is 0. The first-order valence-electron chi connectivity index (χ1n) is 5.88. The lowest BCUT2D eigenvalue weighted by molar-refractivity contribution is -0.145. The molecule has 0 bridgehead atoms. The number of nitrogens with zero attached hydrogens (tertiary/aromatic N) is 3. The fraction of sp³-hybridized carbons (Fsp3) is 0.462. The third-order valence-electron chi connectivity index (χ3n) is 2.86. The molecule has 5 nitrogen and oxygen atoms in total. The zero-order valence-corrected chi connectivity index (χ0v) is 10.8. The number of benzene rings is 1. The molecule has 96 valence electrons. The Bertz CT molecular complexity index is 467. The molecule has 2 atom stereocenters. The van der Waals surface area contributed by atoms with E-state index in [0.29, 0.717) is 0 Å². The average molecular weight is 247 g/mol. The van der Waals surface area contributed by atoms with Crippen LogP contribution in [0.2, 0.25) is 0 Å². The fourth-order valence-electron chi connectivity index (χ4n) is 1.90. The van der Waals surface area contributed by atoms with Crippen LogP contribution in [-0.2, 0) is 9.53 Å². The highest BCUT2D eigenvalue weighted by Gasteiger charge is 2.27. The summed E-state index contributed by atoms with van der Waals surface area (Å²) in [4.78, 5) is 14.5. The van der Waals surface area contributed by atoms with Crippen molar-refractivity contribution in [1.82, 2.24) is 0 Å². The molecular formula is C13H17N3O2. The van der Waals surface area contributed by atoms with Crippen LogP contribution in [0.25, 0.3) is 10.4 Å². The van der Waals surface area contributed by atoms with Gasteiger partial charge in [-0.25, -0.2) is 0 Å². The van der Waals surface area contributed by atoms with Gasteiger partial charge in [-0.3, -0.25) is 4.79 Å². The molecule has 0 amide bonds. The van der Waals surface area contributed by atoms with E-state index in [2.05, 4.69) is 10.0 Å². The summed E-state index contributed by atoms with van der Waals surface area (Å²) in [6.07, 6.45) is 0. The van der Waals surface area contributed by atoms with Crippen molar-refractivity contribution < 1.29 is 9.53 Å². The first-order chi connectivity index (χ1) is 8.61. The molecule has 0 N–H and O–H groups in total. The van der Waals surface area contributed by atoms with Crippen LogP contribution in [0.3, 0.4) is 0 Å². The Hall–Kier alpha value is -2.00. The second kappa shape index (κ2) is 6.67. The average Bonchev–Trinajstić information content (AvgIpc) is 2.36. The van der Waals surface area contributed by atoms with E-state index in [4.69, 9.17) is 10.3 Å². The van der Waals surface area contributed by atoms with Gasteiger partial charge in [-0.05, 0) is 30.5 Å². The van der Waals surface area contributed by atoms with Crippen LogP contribution in [0.15, 0.2) is 29.4 Å². The van der Waals surface area contributed by atoms with Gasteiger partial charge in [-0.1, -0.05) is 36.3 Å². The van der Waals surface area contributed by atoms with Gasteiger partial charge in [-0.2, -0.15) is 0 Å². The smallest absolute Gasteiger partial charge is 0.315 e. The maximum atomic E-state index is 11.8. The van der Waals surface area contributed by atoms with Gasteiger partial charge in [0, 0.05) is 10.8 Å².